The number of rotatable bonds is 6. The van der Waals surface area contributed by atoms with E-state index < -0.39 is 0 Å². The molecule has 0 radical (unpaired) electrons. The minimum absolute atomic E-state index is 0.268. The molecule has 106 valence electrons. The zero-order valence-corrected chi connectivity index (χ0v) is 13.8. The minimum Gasteiger partial charge on any atom is -0.310 e. The van der Waals surface area contributed by atoms with Crippen LogP contribution >= 0.6 is 27.5 Å². The molecule has 1 N–H and O–H groups in total. The largest absolute Gasteiger partial charge is 0.310 e. The summed E-state index contributed by atoms with van der Waals surface area (Å²) < 4.78 is 1.05. The molecule has 0 bridgehead atoms. The Balaban J connectivity index is 2.22. The van der Waals surface area contributed by atoms with E-state index in [1.807, 2.05) is 24.5 Å². The summed E-state index contributed by atoms with van der Waals surface area (Å²) in [5, 5.41) is 4.35. The fraction of sp³-hybridized carbons (Fsp3) is 0.312. The zero-order valence-electron chi connectivity index (χ0n) is 11.4. The lowest BCUT2D eigenvalue weighted by Crippen LogP contribution is -2.24. The van der Waals surface area contributed by atoms with Gasteiger partial charge in [0, 0.05) is 27.9 Å². The number of benzene rings is 1. The van der Waals surface area contributed by atoms with E-state index in [-0.39, 0.29) is 6.04 Å². The molecule has 0 amide bonds. The number of aromatic nitrogens is 1. The van der Waals surface area contributed by atoms with Gasteiger partial charge >= 0.3 is 0 Å². The lowest BCUT2D eigenvalue weighted by molar-refractivity contribution is 0.527. The Morgan fingerprint density at radius 3 is 2.65 bits per heavy atom. The Morgan fingerprint density at radius 2 is 2.00 bits per heavy atom. The molecule has 1 atom stereocenters. The van der Waals surface area contributed by atoms with Crippen LogP contribution in [0.1, 0.15) is 30.5 Å². The molecule has 4 heteroatoms. The maximum absolute atomic E-state index is 6.03. The molecule has 2 aromatic rings. The SMILES string of the molecule is CCCNC(Cc1ccncc1)c1ccc(Cl)cc1Br. The molecule has 0 saturated heterocycles. The third-order valence-electron chi connectivity index (χ3n) is 3.17. The number of nitrogens with zero attached hydrogens (tertiary/aromatic N) is 1. The van der Waals surface area contributed by atoms with Crippen molar-refractivity contribution in [1.29, 1.82) is 0 Å². The lowest BCUT2D eigenvalue weighted by atomic mass is 9.99. The Kier molecular flexibility index (Phi) is 6.02. The Labute approximate surface area is 133 Å². The maximum atomic E-state index is 6.03. The van der Waals surface area contributed by atoms with Crippen molar-refractivity contribution in [2.45, 2.75) is 25.8 Å². The van der Waals surface area contributed by atoms with Crippen LogP contribution in [0.3, 0.4) is 0 Å². The molecule has 2 rings (SSSR count). The normalized spacial score (nSPS) is 12.3. The van der Waals surface area contributed by atoms with Gasteiger partial charge < -0.3 is 5.32 Å². The van der Waals surface area contributed by atoms with Gasteiger partial charge in [-0.15, -0.1) is 0 Å². The second-order valence-corrected chi connectivity index (χ2v) is 6.02. The second-order valence-electron chi connectivity index (χ2n) is 4.73. The van der Waals surface area contributed by atoms with Crippen molar-refractivity contribution in [3.05, 3.63) is 63.3 Å². The summed E-state index contributed by atoms with van der Waals surface area (Å²) >= 11 is 9.64. The number of pyridine rings is 1. The third-order valence-corrected chi connectivity index (χ3v) is 4.09. The van der Waals surface area contributed by atoms with Crippen LogP contribution in [-0.4, -0.2) is 11.5 Å². The van der Waals surface area contributed by atoms with E-state index in [9.17, 15) is 0 Å². The molecular formula is C16H18BrClN2. The van der Waals surface area contributed by atoms with Crippen molar-refractivity contribution < 1.29 is 0 Å². The van der Waals surface area contributed by atoms with Crippen LogP contribution in [0.25, 0.3) is 0 Å². The van der Waals surface area contributed by atoms with Crippen LogP contribution in [0, 0.1) is 0 Å². The van der Waals surface area contributed by atoms with E-state index in [4.69, 9.17) is 11.6 Å². The summed E-state index contributed by atoms with van der Waals surface area (Å²) in [6.07, 6.45) is 5.72. The topological polar surface area (TPSA) is 24.9 Å². The van der Waals surface area contributed by atoms with E-state index in [1.165, 1.54) is 11.1 Å². The first-order valence-electron chi connectivity index (χ1n) is 6.78. The van der Waals surface area contributed by atoms with Crippen LogP contribution in [-0.2, 0) is 6.42 Å². The molecule has 0 aliphatic heterocycles. The Morgan fingerprint density at radius 1 is 1.25 bits per heavy atom. The number of nitrogens with one attached hydrogen (secondary N) is 1. The van der Waals surface area contributed by atoms with Gasteiger partial charge in [0.2, 0.25) is 0 Å². The highest BCUT2D eigenvalue weighted by atomic mass is 79.9. The Bertz CT molecular complexity index is 545. The summed E-state index contributed by atoms with van der Waals surface area (Å²) in [4.78, 5) is 4.07. The average molecular weight is 354 g/mol. The highest BCUT2D eigenvalue weighted by Crippen LogP contribution is 2.28. The monoisotopic (exact) mass is 352 g/mol. The maximum Gasteiger partial charge on any atom is 0.0417 e. The van der Waals surface area contributed by atoms with E-state index in [2.05, 4.69) is 51.4 Å². The fourth-order valence-electron chi connectivity index (χ4n) is 2.15. The lowest BCUT2D eigenvalue weighted by Gasteiger charge is -2.20. The minimum atomic E-state index is 0.268. The predicted molar refractivity (Wildman–Crippen MR) is 88.1 cm³/mol. The average Bonchev–Trinajstić information content (AvgIpc) is 2.45. The molecule has 1 aromatic heterocycles. The number of halogens is 2. The van der Waals surface area contributed by atoms with E-state index in [0.29, 0.717) is 0 Å². The highest BCUT2D eigenvalue weighted by molar-refractivity contribution is 9.10. The van der Waals surface area contributed by atoms with Gasteiger partial charge in [0.1, 0.15) is 0 Å². The summed E-state index contributed by atoms with van der Waals surface area (Å²) in [6, 6.07) is 10.4. The van der Waals surface area contributed by atoms with Crippen molar-refractivity contribution in [3.63, 3.8) is 0 Å². The molecule has 0 aliphatic carbocycles. The summed E-state index contributed by atoms with van der Waals surface area (Å²) in [5.41, 5.74) is 2.51. The molecule has 0 saturated carbocycles. The predicted octanol–water partition coefficient (Wildman–Crippen LogP) is 4.78. The first kappa shape index (κ1) is 15.5. The fourth-order valence-corrected chi connectivity index (χ4v) is 3.11. The van der Waals surface area contributed by atoms with Crippen LogP contribution in [0.4, 0.5) is 0 Å². The molecule has 0 fully saturated rings. The first-order valence-corrected chi connectivity index (χ1v) is 7.95. The molecule has 0 aliphatic rings. The summed E-state index contributed by atoms with van der Waals surface area (Å²) in [6.45, 7) is 3.16. The van der Waals surface area contributed by atoms with Gasteiger partial charge in [-0.2, -0.15) is 0 Å². The van der Waals surface area contributed by atoms with Gasteiger partial charge in [-0.05, 0) is 54.8 Å². The van der Waals surface area contributed by atoms with Crippen LogP contribution in [0.15, 0.2) is 47.2 Å². The standard InChI is InChI=1S/C16H18BrClN2/c1-2-7-20-16(10-12-5-8-19-9-6-12)14-4-3-13(18)11-15(14)17/h3-6,8-9,11,16,20H,2,7,10H2,1H3. The molecule has 20 heavy (non-hydrogen) atoms. The van der Waals surface area contributed by atoms with Crippen molar-refractivity contribution in [2.24, 2.45) is 0 Å². The Hall–Kier alpha value is -0.900. The molecule has 1 heterocycles. The second kappa shape index (κ2) is 7.77. The van der Waals surface area contributed by atoms with Crippen molar-refractivity contribution in [3.8, 4) is 0 Å². The van der Waals surface area contributed by atoms with Gasteiger partial charge in [0.25, 0.3) is 0 Å². The van der Waals surface area contributed by atoms with Crippen LogP contribution < -0.4 is 5.32 Å². The van der Waals surface area contributed by atoms with Gasteiger partial charge in [-0.25, -0.2) is 0 Å². The van der Waals surface area contributed by atoms with Crippen LogP contribution in [0.2, 0.25) is 5.02 Å². The van der Waals surface area contributed by atoms with Gasteiger partial charge in [-0.1, -0.05) is 40.5 Å². The van der Waals surface area contributed by atoms with Crippen molar-refractivity contribution in [1.82, 2.24) is 10.3 Å². The third kappa shape index (κ3) is 4.30. The number of hydrogen-bond donors (Lipinski definition) is 1. The van der Waals surface area contributed by atoms with E-state index in [0.717, 1.165) is 28.9 Å². The van der Waals surface area contributed by atoms with Gasteiger partial charge in [0.05, 0.1) is 0 Å². The smallest absolute Gasteiger partial charge is 0.0417 e. The van der Waals surface area contributed by atoms with E-state index in [1.54, 1.807) is 0 Å². The van der Waals surface area contributed by atoms with Gasteiger partial charge in [-0.3, -0.25) is 4.98 Å². The molecule has 2 nitrogen and oxygen atoms in total. The highest BCUT2D eigenvalue weighted by Gasteiger charge is 2.14. The van der Waals surface area contributed by atoms with Crippen molar-refractivity contribution in [2.75, 3.05) is 6.54 Å². The van der Waals surface area contributed by atoms with E-state index >= 15 is 0 Å². The van der Waals surface area contributed by atoms with Gasteiger partial charge in [0.15, 0.2) is 0 Å². The molecule has 0 spiro atoms. The van der Waals surface area contributed by atoms with Crippen LogP contribution in [0.5, 0.6) is 0 Å². The molecule has 1 aromatic carbocycles. The summed E-state index contributed by atoms with van der Waals surface area (Å²) in [7, 11) is 0. The molecular weight excluding hydrogens is 336 g/mol. The van der Waals surface area contributed by atoms with Crippen molar-refractivity contribution >= 4 is 27.5 Å². The molecule has 1 unspecified atom stereocenters. The summed E-state index contributed by atoms with van der Waals surface area (Å²) in [5.74, 6) is 0. The quantitative estimate of drug-likeness (QED) is 0.808. The zero-order chi connectivity index (χ0) is 14.4. The number of hydrogen-bond acceptors (Lipinski definition) is 2. The first-order chi connectivity index (χ1) is 9.70.